The fourth-order valence-corrected chi connectivity index (χ4v) is 2.01. The van der Waals surface area contributed by atoms with Crippen LogP contribution < -0.4 is 0 Å². The van der Waals surface area contributed by atoms with Crippen LogP contribution in [0.5, 0.6) is 0 Å². The molecule has 0 spiro atoms. The van der Waals surface area contributed by atoms with E-state index in [1.54, 1.807) is 0 Å². The molecule has 0 aromatic rings. The molecular weight excluding hydrogens is 155 g/mol. The van der Waals surface area contributed by atoms with E-state index in [0.717, 1.165) is 23.5 Å². The molecule has 0 fully saturated rings. The van der Waals surface area contributed by atoms with E-state index in [0.29, 0.717) is 0 Å². The van der Waals surface area contributed by atoms with Gasteiger partial charge in [0, 0.05) is 0 Å². The van der Waals surface area contributed by atoms with Crippen molar-refractivity contribution in [2.24, 2.45) is 11.8 Å². The molecule has 1 heteroatoms. The smallest absolute Gasteiger partial charge is 0.0741 e. The molecule has 0 saturated carbocycles. The highest BCUT2D eigenvalue weighted by atomic mass is 14.1. The molecule has 0 rings (SSSR count). The summed E-state index contributed by atoms with van der Waals surface area (Å²) in [5.41, 5.74) is 0. The van der Waals surface area contributed by atoms with E-state index < -0.39 is 0 Å². The maximum absolute atomic E-state index is 2.53. The summed E-state index contributed by atoms with van der Waals surface area (Å²) in [5.74, 6) is 3.24. The average Bonchev–Trinajstić information content (AvgIpc) is 1.80. The van der Waals surface area contributed by atoms with E-state index in [-0.39, 0.29) is 0 Å². The van der Waals surface area contributed by atoms with E-state index in [1.165, 1.54) is 12.8 Å². The molecule has 0 nitrogen and oxygen atoms in total. The molecule has 0 amide bonds. The van der Waals surface area contributed by atoms with Crippen molar-refractivity contribution in [2.75, 3.05) is 0 Å². The van der Waals surface area contributed by atoms with Gasteiger partial charge in [-0.1, -0.05) is 66.0 Å². The maximum atomic E-state index is 2.53. The Morgan fingerprint density at radius 2 is 1.15 bits per heavy atom. The Balaban J connectivity index is 3.87. The van der Waals surface area contributed by atoms with Crippen molar-refractivity contribution >= 4 is 7.28 Å². The first-order valence-electron chi connectivity index (χ1n) is 5.76. The molecule has 0 aromatic carbocycles. The molecule has 0 atom stereocenters. The first-order chi connectivity index (χ1) is 5.91. The van der Waals surface area contributed by atoms with Gasteiger partial charge in [0.15, 0.2) is 0 Å². The monoisotopic (exact) mass is 181 g/mol. The van der Waals surface area contributed by atoms with Crippen molar-refractivity contribution in [1.82, 2.24) is 0 Å². The highest BCUT2D eigenvalue weighted by Crippen LogP contribution is 2.27. The molecule has 0 unspecified atom stereocenters. The predicted molar refractivity (Wildman–Crippen MR) is 63.5 cm³/mol. The van der Waals surface area contributed by atoms with Crippen molar-refractivity contribution < 1.29 is 0 Å². The summed E-state index contributed by atoms with van der Waals surface area (Å²) in [5, 5.41) is 0. The average molecular weight is 181 g/mol. The van der Waals surface area contributed by atoms with Gasteiger partial charge in [-0.2, -0.15) is 0 Å². The standard InChI is InChI=1S/C12H26B/c1-9(2)7-12(8-10(3)4)13-11(5)6/h9-12H,7-8H2,1-6H3. The van der Waals surface area contributed by atoms with Crippen LogP contribution in [-0.2, 0) is 0 Å². The molecule has 0 aliphatic rings. The third-order valence-corrected chi connectivity index (χ3v) is 2.21. The minimum atomic E-state index is 0.738. The lowest BCUT2D eigenvalue weighted by Crippen LogP contribution is -2.12. The molecule has 13 heavy (non-hydrogen) atoms. The molecule has 0 saturated heterocycles. The molecule has 0 heterocycles. The number of hydrogen-bond acceptors (Lipinski definition) is 0. The second-order valence-electron chi connectivity index (χ2n) is 5.46. The Kier molecular flexibility index (Phi) is 6.54. The van der Waals surface area contributed by atoms with Crippen molar-refractivity contribution in [1.29, 1.82) is 0 Å². The summed E-state index contributed by atoms with van der Waals surface area (Å²) in [6, 6.07) is 0. The van der Waals surface area contributed by atoms with Crippen LogP contribution in [0, 0.1) is 11.8 Å². The molecular formula is C12H26B. The van der Waals surface area contributed by atoms with E-state index in [1.807, 2.05) is 0 Å². The summed E-state index contributed by atoms with van der Waals surface area (Å²) in [6.07, 6.45) is 2.72. The third-order valence-electron chi connectivity index (χ3n) is 2.21. The van der Waals surface area contributed by atoms with Crippen LogP contribution in [-0.4, -0.2) is 7.28 Å². The zero-order valence-electron chi connectivity index (χ0n) is 10.3. The predicted octanol–water partition coefficient (Wildman–Crippen LogP) is 4.40. The Labute approximate surface area is 85.7 Å². The summed E-state index contributed by atoms with van der Waals surface area (Å²) in [4.78, 5) is 0. The first-order valence-corrected chi connectivity index (χ1v) is 5.76. The summed E-state index contributed by atoms with van der Waals surface area (Å²) in [7, 11) is 2.53. The maximum Gasteiger partial charge on any atom is 0.117 e. The third kappa shape index (κ3) is 8.40. The van der Waals surface area contributed by atoms with Gasteiger partial charge in [0.05, 0.1) is 0 Å². The Morgan fingerprint density at radius 3 is 1.38 bits per heavy atom. The van der Waals surface area contributed by atoms with Crippen LogP contribution in [0.2, 0.25) is 11.6 Å². The summed E-state index contributed by atoms with van der Waals surface area (Å²) >= 11 is 0. The Bertz CT molecular complexity index is 92.5. The van der Waals surface area contributed by atoms with Gasteiger partial charge >= 0.3 is 0 Å². The molecule has 1 radical (unpaired) electrons. The van der Waals surface area contributed by atoms with Gasteiger partial charge in [-0.05, 0) is 11.8 Å². The fourth-order valence-electron chi connectivity index (χ4n) is 2.01. The van der Waals surface area contributed by atoms with Crippen LogP contribution in [0.4, 0.5) is 0 Å². The lowest BCUT2D eigenvalue weighted by atomic mass is 9.52. The van der Waals surface area contributed by atoms with Crippen LogP contribution in [0.25, 0.3) is 0 Å². The van der Waals surface area contributed by atoms with E-state index >= 15 is 0 Å². The molecule has 0 aromatic heterocycles. The Morgan fingerprint density at radius 1 is 0.769 bits per heavy atom. The van der Waals surface area contributed by atoms with Crippen molar-refractivity contribution in [3.8, 4) is 0 Å². The SMILES string of the molecule is CC(C)[B]C(CC(C)C)CC(C)C. The van der Waals surface area contributed by atoms with Crippen LogP contribution in [0.3, 0.4) is 0 Å². The summed E-state index contributed by atoms with van der Waals surface area (Å²) < 4.78 is 0. The van der Waals surface area contributed by atoms with Gasteiger partial charge in [-0.25, -0.2) is 0 Å². The van der Waals surface area contributed by atoms with E-state index in [2.05, 4.69) is 48.8 Å². The normalized spacial score (nSPS) is 12.2. The fraction of sp³-hybridized carbons (Fsp3) is 1.00. The minimum Gasteiger partial charge on any atom is -0.0741 e. The van der Waals surface area contributed by atoms with Crippen LogP contribution in [0.1, 0.15) is 54.4 Å². The lowest BCUT2D eigenvalue weighted by molar-refractivity contribution is 0.475. The zero-order chi connectivity index (χ0) is 10.4. The van der Waals surface area contributed by atoms with Crippen molar-refractivity contribution in [2.45, 2.75) is 66.0 Å². The topological polar surface area (TPSA) is 0 Å². The number of rotatable bonds is 6. The Hall–Kier alpha value is 0.0649. The van der Waals surface area contributed by atoms with Gasteiger partial charge in [-0.15, -0.1) is 0 Å². The first kappa shape index (κ1) is 13.1. The summed E-state index contributed by atoms with van der Waals surface area (Å²) in [6.45, 7) is 13.9. The van der Waals surface area contributed by atoms with Crippen LogP contribution in [0.15, 0.2) is 0 Å². The second kappa shape index (κ2) is 6.51. The largest absolute Gasteiger partial charge is 0.117 e. The molecule has 0 bridgehead atoms. The molecule has 0 aliphatic heterocycles. The second-order valence-corrected chi connectivity index (χ2v) is 5.46. The van der Waals surface area contributed by atoms with Crippen LogP contribution >= 0.6 is 0 Å². The minimum absolute atomic E-state index is 0.738. The molecule has 0 aliphatic carbocycles. The highest BCUT2D eigenvalue weighted by molar-refractivity contribution is 6.39. The van der Waals surface area contributed by atoms with Gasteiger partial charge in [0.25, 0.3) is 0 Å². The lowest BCUT2D eigenvalue weighted by Gasteiger charge is -2.21. The van der Waals surface area contributed by atoms with E-state index in [9.17, 15) is 0 Å². The van der Waals surface area contributed by atoms with Gasteiger partial charge in [0.1, 0.15) is 7.28 Å². The molecule has 0 N–H and O–H groups in total. The zero-order valence-corrected chi connectivity index (χ0v) is 10.3. The van der Waals surface area contributed by atoms with Gasteiger partial charge < -0.3 is 0 Å². The van der Waals surface area contributed by atoms with E-state index in [4.69, 9.17) is 0 Å². The number of hydrogen-bond donors (Lipinski definition) is 0. The molecule has 77 valence electrons. The van der Waals surface area contributed by atoms with Crippen molar-refractivity contribution in [3.63, 3.8) is 0 Å². The highest BCUT2D eigenvalue weighted by Gasteiger charge is 2.15. The van der Waals surface area contributed by atoms with Crippen molar-refractivity contribution in [3.05, 3.63) is 0 Å². The van der Waals surface area contributed by atoms with Gasteiger partial charge in [0.2, 0.25) is 0 Å². The van der Waals surface area contributed by atoms with Gasteiger partial charge in [-0.3, -0.25) is 0 Å². The quantitative estimate of drug-likeness (QED) is 0.532.